The van der Waals surface area contributed by atoms with E-state index >= 15 is 0 Å². The van der Waals surface area contributed by atoms with Crippen LogP contribution in [0.4, 0.5) is 0 Å². The summed E-state index contributed by atoms with van der Waals surface area (Å²) in [6.07, 6.45) is 3.10. The van der Waals surface area contributed by atoms with Crippen molar-refractivity contribution in [2.45, 2.75) is 46.1 Å². The monoisotopic (exact) mass is 227 g/mol. The molecule has 0 unspecified atom stereocenters. The number of piperidine rings is 1. The zero-order valence-electron chi connectivity index (χ0n) is 10.9. The van der Waals surface area contributed by atoms with E-state index in [0.29, 0.717) is 25.0 Å². The number of hydrogen-bond acceptors (Lipinski definition) is 3. The number of rotatable bonds is 6. The maximum absolute atomic E-state index is 10.7. The third kappa shape index (κ3) is 5.08. The first-order chi connectivity index (χ1) is 7.59. The topological polar surface area (TPSA) is 29.5 Å². The highest BCUT2D eigenvalue weighted by molar-refractivity contribution is 5.75. The van der Waals surface area contributed by atoms with Gasteiger partial charge in [-0.2, -0.15) is 0 Å². The lowest BCUT2D eigenvalue weighted by molar-refractivity contribution is -0.118. The Bertz CT molecular complexity index is 216. The van der Waals surface area contributed by atoms with E-state index in [0.717, 1.165) is 13.2 Å². The molecule has 0 spiro atoms. The molecule has 0 bridgehead atoms. The summed E-state index contributed by atoms with van der Waals surface area (Å²) < 4.78 is 5.56. The van der Waals surface area contributed by atoms with Gasteiger partial charge in [-0.25, -0.2) is 0 Å². The van der Waals surface area contributed by atoms with Crippen LogP contribution in [0.3, 0.4) is 0 Å². The standard InChI is InChI=1S/C13H25NO2/c1-11(2)14-7-4-5-13(9-14)10-16-8-6-12(3)15/h11,13H,4-10H2,1-3H3/t13-/m1/s1. The summed E-state index contributed by atoms with van der Waals surface area (Å²) in [5, 5.41) is 0. The molecule has 1 saturated heterocycles. The second-order valence-corrected chi connectivity index (χ2v) is 5.12. The van der Waals surface area contributed by atoms with Gasteiger partial charge in [-0.1, -0.05) is 0 Å². The van der Waals surface area contributed by atoms with E-state index in [1.165, 1.54) is 19.4 Å². The minimum Gasteiger partial charge on any atom is -0.381 e. The fourth-order valence-corrected chi connectivity index (χ4v) is 2.17. The predicted molar refractivity (Wildman–Crippen MR) is 65.6 cm³/mol. The van der Waals surface area contributed by atoms with Gasteiger partial charge in [0.1, 0.15) is 5.78 Å². The number of Topliss-reactive ketones (excluding diaryl/α,β-unsaturated/α-hetero) is 1. The Hall–Kier alpha value is -0.410. The normalized spacial score (nSPS) is 22.6. The molecule has 3 heteroatoms. The summed E-state index contributed by atoms with van der Waals surface area (Å²) in [5.74, 6) is 0.871. The van der Waals surface area contributed by atoms with E-state index in [1.54, 1.807) is 6.92 Å². The lowest BCUT2D eigenvalue weighted by Gasteiger charge is -2.35. The van der Waals surface area contributed by atoms with Crippen LogP contribution < -0.4 is 0 Å². The fraction of sp³-hybridized carbons (Fsp3) is 0.923. The van der Waals surface area contributed by atoms with Crippen molar-refractivity contribution in [2.24, 2.45) is 5.92 Å². The summed E-state index contributed by atoms with van der Waals surface area (Å²) in [5.41, 5.74) is 0. The third-order valence-corrected chi connectivity index (χ3v) is 3.23. The number of carbonyl (C=O) groups is 1. The van der Waals surface area contributed by atoms with Crippen LogP contribution in [0.5, 0.6) is 0 Å². The van der Waals surface area contributed by atoms with Crippen molar-refractivity contribution < 1.29 is 9.53 Å². The number of likely N-dealkylation sites (tertiary alicyclic amines) is 1. The SMILES string of the molecule is CC(=O)CCOC[C@@H]1CCCN(C(C)C)C1. The lowest BCUT2D eigenvalue weighted by atomic mass is 9.98. The Labute approximate surface area is 99.1 Å². The minimum atomic E-state index is 0.215. The molecule has 1 fully saturated rings. The molecule has 1 heterocycles. The summed E-state index contributed by atoms with van der Waals surface area (Å²) in [6, 6.07) is 0.639. The molecule has 0 N–H and O–H groups in total. The highest BCUT2D eigenvalue weighted by Crippen LogP contribution is 2.18. The summed E-state index contributed by atoms with van der Waals surface area (Å²) >= 11 is 0. The summed E-state index contributed by atoms with van der Waals surface area (Å²) in [4.78, 5) is 13.3. The van der Waals surface area contributed by atoms with Gasteiger partial charge in [-0.05, 0) is 46.1 Å². The van der Waals surface area contributed by atoms with Crippen molar-refractivity contribution in [3.8, 4) is 0 Å². The van der Waals surface area contributed by atoms with Crippen molar-refractivity contribution in [1.29, 1.82) is 0 Å². The molecule has 0 radical (unpaired) electrons. The number of hydrogen-bond donors (Lipinski definition) is 0. The molecule has 1 atom stereocenters. The van der Waals surface area contributed by atoms with Gasteiger partial charge >= 0.3 is 0 Å². The quantitative estimate of drug-likeness (QED) is 0.651. The maximum Gasteiger partial charge on any atom is 0.132 e. The molecule has 1 aliphatic rings. The van der Waals surface area contributed by atoms with Crippen LogP contribution in [-0.2, 0) is 9.53 Å². The molecule has 94 valence electrons. The van der Waals surface area contributed by atoms with Gasteiger partial charge in [0.05, 0.1) is 13.2 Å². The zero-order chi connectivity index (χ0) is 12.0. The smallest absolute Gasteiger partial charge is 0.132 e. The molecule has 0 aromatic carbocycles. The molecular formula is C13H25NO2. The van der Waals surface area contributed by atoms with E-state index in [1.807, 2.05) is 0 Å². The maximum atomic E-state index is 10.7. The van der Waals surface area contributed by atoms with E-state index in [2.05, 4.69) is 18.7 Å². The Balaban J connectivity index is 2.14. The van der Waals surface area contributed by atoms with Crippen molar-refractivity contribution in [3.05, 3.63) is 0 Å². The van der Waals surface area contributed by atoms with Crippen molar-refractivity contribution in [1.82, 2.24) is 4.90 Å². The van der Waals surface area contributed by atoms with Gasteiger partial charge in [0.15, 0.2) is 0 Å². The van der Waals surface area contributed by atoms with Crippen LogP contribution in [0.15, 0.2) is 0 Å². The van der Waals surface area contributed by atoms with Crippen LogP contribution in [0.1, 0.15) is 40.0 Å². The molecule has 0 saturated carbocycles. The van der Waals surface area contributed by atoms with Gasteiger partial charge in [-0.3, -0.25) is 4.79 Å². The van der Waals surface area contributed by atoms with Crippen LogP contribution in [-0.4, -0.2) is 43.0 Å². The fourth-order valence-electron chi connectivity index (χ4n) is 2.17. The van der Waals surface area contributed by atoms with Gasteiger partial charge < -0.3 is 9.64 Å². The molecule has 0 amide bonds. The van der Waals surface area contributed by atoms with Gasteiger partial charge in [0, 0.05) is 19.0 Å². The highest BCUT2D eigenvalue weighted by Gasteiger charge is 2.21. The van der Waals surface area contributed by atoms with Crippen LogP contribution in [0.2, 0.25) is 0 Å². The Kier molecular flexibility index (Phi) is 5.99. The molecule has 0 aromatic heterocycles. The van der Waals surface area contributed by atoms with Crippen molar-refractivity contribution in [2.75, 3.05) is 26.3 Å². The number of ketones is 1. The zero-order valence-corrected chi connectivity index (χ0v) is 10.9. The van der Waals surface area contributed by atoms with Crippen molar-refractivity contribution in [3.63, 3.8) is 0 Å². The molecule has 16 heavy (non-hydrogen) atoms. The summed E-state index contributed by atoms with van der Waals surface area (Å²) in [7, 11) is 0. The molecule has 0 aromatic rings. The number of ether oxygens (including phenoxy) is 1. The average molecular weight is 227 g/mol. The summed E-state index contributed by atoms with van der Waals surface area (Å²) in [6.45, 7) is 9.89. The first-order valence-corrected chi connectivity index (χ1v) is 6.41. The first kappa shape index (κ1) is 13.7. The number of nitrogens with zero attached hydrogens (tertiary/aromatic N) is 1. The van der Waals surface area contributed by atoms with E-state index in [4.69, 9.17) is 4.74 Å². The van der Waals surface area contributed by atoms with E-state index in [9.17, 15) is 4.79 Å². The second-order valence-electron chi connectivity index (χ2n) is 5.12. The van der Waals surface area contributed by atoms with Gasteiger partial charge in [0.25, 0.3) is 0 Å². The Morgan fingerprint density at radius 1 is 1.50 bits per heavy atom. The first-order valence-electron chi connectivity index (χ1n) is 6.41. The second kappa shape index (κ2) is 7.02. The third-order valence-electron chi connectivity index (χ3n) is 3.23. The van der Waals surface area contributed by atoms with E-state index in [-0.39, 0.29) is 5.78 Å². The van der Waals surface area contributed by atoms with Crippen molar-refractivity contribution >= 4 is 5.78 Å². The van der Waals surface area contributed by atoms with Gasteiger partial charge in [0.2, 0.25) is 0 Å². The Morgan fingerprint density at radius 2 is 2.25 bits per heavy atom. The van der Waals surface area contributed by atoms with Crippen LogP contribution >= 0.6 is 0 Å². The van der Waals surface area contributed by atoms with Crippen LogP contribution in [0.25, 0.3) is 0 Å². The predicted octanol–water partition coefficient (Wildman–Crippen LogP) is 2.10. The minimum absolute atomic E-state index is 0.215. The Morgan fingerprint density at radius 3 is 2.88 bits per heavy atom. The molecule has 1 aliphatic heterocycles. The molecule has 0 aliphatic carbocycles. The van der Waals surface area contributed by atoms with E-state index < -0.39 is 0 Å². The number of carbonyl (C=O) groups excluding carboxylic acids is 1. The highest BCUT2D eigenvalue weighted by atomic mass is 16.5. The molecule has 1 rings (SSSR count). The lowest BCUT2D eigenvalue weighted by Crippen LogP contribution is -2.41. The largest absolute Gasteiger partial charge is 0.381 e. The van der Waals surface area contributed by atoms with Crippen LogP contribution in [0, 0.1) is 5.92 Å². The molecule has 3 nitrogen and oxygen atoms in total. The average Bonchev–Trinajstić information content (AvgIpc) is 2.24. The van der Waals surface area contributed by atoms with Gasteiger partial charge in [-0.15, -0.1) is 0 Å². The molecular weight excluding hydrogens is 202 g/mol.